The Balaban J connectivity index is 1.79. The van der Waals surface area contributed by atoms with Gasteiger partial charge in [0.1, 0.15) is 12.2 Å². The van der Waals surface area contributed by atoms with Crippen LogP contribution in [-0.2, 0) is 6.54 Å². The van der Waals surface area contributed by atoms with Crippen LogP contribution in [0.1, 0.15) is 11.5 Å². The lowest BCUT2D eigenvalue weighted by atomic mass is 10.4. The molecular weight excluding hydrogens is 292 g/mol. The maximum atomic E-state index is 5.91. The molecule has 0 aromatic carbocycles. The van der Waals surface area contributed by atoms with E-state index >= 15 is 0 Å². The molecule has 1 N–H and O–H groups in total. The molecule has 0 atom stereocenters. The minimum absolute atomic E-state index is 0.107. The second kappa shape index (κ2) is 5.80. The highest BCUT2D eigenvalue weighted by molar-refractivity contribution is 6.28. The van der Waals surface area contributed by atoms with Gasteiger partial charge in [0.05, 0.1) is 12.2 Å². The van der Waals surface area contributed by atoms with Crippen molar-refractivity contribution >= 4 is 17.5 Å². The van der Waals surface area contributed by atoms with Crippen LogP contribution in [0.15, 0.2) is 31.0 Å². The minimum atomic E-state index is 0.107. The fourth-order valence-corrected chi connectivity index (χ4v) is 1.84. The normalized spacial score (nSPS) is 10.6. The number of anilines is 1. The van der Waals surface area contributed by atoms with E-state index in [0.29, 0.717) is 24.3 Å². The molecule has 0 radical (unpaired) electrons. The Morgan fingerprint density at radius 3 is 2.86 bits per heavy atom. The maximum absolute atomic E-state index is 5.91. The average molecular weight is 303 g/mol. The van der Waals surface area contributed by atoms with Gasteiger partial charge in [0.25, 0.3) is 0 Å². The first-order valence-electron chi connectivity index (χ1n) is 6.13. The van der Waals surface area contributed by atoms with E-state index in [1.807, 2.05) is 13.0 Å². The van der Waals surface area contributed by atoms with Crippen LogP contribution in [0.2, 0.25) is 5.28 Å². The molecule has 3 heterocycles. The van der Waals surface area contributed by atoms with Gasteiger partial charge in [0.2, 0.25) is 17.2 Å². The molecule has 106 valence electrons. The largest absolute Gasteiger partial charge is 0.348 e. The number of aryl methyl sites for hydroxylation is 1. The van der Waals surface area contributed by atoms with Crippen molar-refractivity contribution in [2.24, 2.45) is 0 Å². The number of rotatable bonds is 4. The van der Waals surface area contributed by atoms with Crippen LogP contribution >= 0.6 is 11.6 Å². The van der Waals surface area contributed by atoms with Crippen molar-refractivity contribution in [1.82, 2.24) is 34.5 Å². The van der Waals surface area contributed by atoms with Crippen LogP contribution in [0.4, 0.5) is 5.95 Å². The summed E-state index contributed by atoms with van der Waals surface area (Å²) in [5.41, 5.74) is 0.836. The van der Waals surface area contributed by atoms with Crippen LogP contribution in [0.25, 0.3) is 5.95 Å². The van der Waals surface area contributed by atoms with Crippen molar-refractivity contribution in [3.63, 3.8) is 0 Å². The van der Waals surface area contributed by atoms with Crippen LogP contribution in [-0.4, -0.2) is 34.5 Å². The molecular formula is C12H11ClN8. The molecule has 0 spiro atoms. The van der Waals surface area contributed by atoms with Crippen molar-refractivity contribution in [3.05, 3.63) is 47.8 Å². The number of nitrogens with one attached hydrogen (secondary N) is 1. The van der Waals surface area contributed by atoms with Gasteiger partial charge in [-0.05, 0) is 24.6 Å². The summed E-state index contributed by atoms with van der Waals surface area (Å²) in [5.74, 6) is 1.48. The lowest BCUT2D eigenvalue weighted by molar-refractivity contribution is 0.879. The van der Waals surface area contributed by atoms with Gasteiger partial charge >= 0.3 is 0 Å². The van der Waals surface area contributed by atoms with Crippen molar-refractivity contribution in [1.29, 1.82) is 0 Å². The number of nitrogens with zero attached hydrogens (tertiary/aromatic N) is 7. The number of hydrogen-bond acceptors (Lipinski definition) is 7. The topological polar surface area (TPSA) is 94.3 Å². The zero-order valence-electron chi connectivity index (χ0n) is 11.1. The highest BCUT2D eigenvalue weighted by atomic mass is 35.5. The van der Waals surface area contributed by atoms with Crippen LogP contribution in [0, 0.1) is 6.92 Å². The van der Waals surface area contributed by atoms with Gasteiger partial charge in [-0.2, -0.15) is 15.0 Å². The molecule has 0 aliphatic rings. The van der Waals surface area contributed by atoms with Gasteiger partial charge in [-0.25, -0.2) is 15.0 Å². The summed E-state index contributed by atoms with van der Waals surface area (Å²) in [6, 6.07) is 1.82. The number of hydrogen-bond donors (Lipinski definition) is 1. The zero-order valence-corrected chi connectivity index (χ0v) is 11.9. The van der Waals surface area contributed by atoms with Gasteiger partial charge < -0.3 is 5.32 Å². The predicted molar refractivity (Wildman–Crippen MR) is 76.1 cm³/mol. The van der Waals surface area contributed by atoms with E-state index in [1.165, 1.54) is 0 Å². The molecule has 3 rings (SSSR count). The predicted octanol–water partition coefficient (Wildman–Crippen LogP) is 1.42. The van der Waals surface area contributed by atoms with E-state index in [9.17, 15) is 0 Å². The van der Waals surface area contributed by atoms with E-state index < -0.39 is 0 Å². The summed E-state index contributed by atoms with van der Waals surface area (Å²) < 4.78 is 1.65. The molecule has 0 aliphatic carbocycles. The van der Waals surface area contributed by atoms with Gasteiger partial charge in [-0.1, -0.05) is 0 Å². The summed E-state index contributed by atoms with van der Waals surface area (Å²) >= 11 is 5.91. The Hall–Kier alpha value is -2.61. The molecule has 8 nitrogen and oxygen atoms in total. The number of aromatic nitrogens is 7. The summed E-state index contributed by atoms with van der Waals surface area (Å²) in [7, 11) is 0. The summed E-state index contributed by atoms with van der Waals surface area (Å²) in [6.45, 7) is 2.30. The molecule has 0 bridgehead atoms. The van der Waals surface area contributed by atoms with E-state index in [-0.39, 0.29) is 5.28 Å². The molecule has 3 aromatic rings. The van der Waals surface area contributed by atoms with Crippen LogP contribution in [0.5, 0.6) is 0 Å². The Morgan fingerprint density at radius 2 is 2.10 bits per heavy atom. The van der Waals surface area contributed by atoms with Crippen LogP contribution < -0.4 is 5.32 Å². The first-order chi connectivity index (χ1) is 10.2. The smallest absolute Gasteiger partial charge is 0.241 e. The second-order valence-electron chi connectivity index (χ2n) is 4.15. The van der Waals surface area contributed by atoms with E-state index in [4.69, 9.17) is 11.6 Å². The molecule has 0 unspecified atom stereocenters. The maximum Gasteiger partial charge on any atom is 0.241 e. The molecule has 0 saturated heterocycles. The third-order valence-corrected chi connectivity index (χ3v) is 2.76. The Labute approximate surface area is 125 Å². The summed E-state index contributed by atoms with van der Waals surface area (Å²) in [4.78, 5) is 24.6. The average Bonchev–Trinajstić information content (AvgIpc) is 2.99. The van der Waals surface area contributed by atoms with Gasteiger partial charge in [0, 0.05) is 18.6 Å². The van der Waals surface area contributed by atoms with Crippen molar-refractivity contribution < 1.29 is 0 Å². The monoisotopic (exact) mass is 302 g/mol. The molecule has 9 heteroatoms. The third kappa shape index (κ3) is 3.29. The second-order valence-corrected chi connectivity index (χ2v) is 4.48. The molecule has 0 fully saturated rings. The van der Waals surface area contributed by atoms with Gasteiger partial charge in [-0.3, -0.25) is 4.57 Å². The molecule has 21 heavy (non-hydrogen) atoms. The third-order valence-electron chi connectivity index (χ3n) is 2.59. The first-order valence-corrected chi connectivity index (χ1v) is 6.51. The highest BCUT2D eigenvalue weighted by Gasteiger charge is 2.07. The zero-order chi connectivity index (χ0) is 14.7. The minimum Gasteiger partial charge on any atom is -0.348 e. The van der Waals surface area contributed by atoms with E-state index in [1.54, 1.807) is 29.5 Å². The fourth-order valence-electron chi connectivity index (χ4n) is 1.68. The van der Waals surface area contributed by atoms with E-state index in [2.05, 4.69) is 35.2 Å². The lowest BCUT2D eigenvalue weighted by Gasteiger charge is -2.07. The summed E-state index contributed by atoms with van der Waals surface area (Å²) in [6.07, 6.45) is 6.65. The Morgan fingerprint density at radius 1 is 1.19 bits per heavy atom. The molecule has 3 aromatic heterocycles. The van der Waals surface area contributed by atoms with Crippen molar-refractivity contribution in [2.75, 3.05) is 5.32 Å². The standard InChI is InChI=1S/C12H11ClN8/c1-8-15-3-2-9(17-8)6-16-11-18-10(13)19-12(20-11)21-5-4-14-7-21/h2-5,7H,6H2,1H3,(H,16,18,19,20). The SMILES string of the molecule is Cc1nccc(CNc2nc(Cl)nc(-n3ccnc3)n2)n1. The molecule has 0 aliphatic heterocycles. The number of halogens is 1. The number of imidazole rings is 1. The fraction of sp³-hybridized carbons (Fsp3) is 0.167. The lowest BCUT2D eigenvalue weighted by Crippen LogP contribution is -2.09. The van der Waals surface area contributed by atoms with Crippen molar-refractivity contribution in [2.45, 2.75) is 13.5 Å². The van der Waals surface area contributed by atoms with Crippen LogP contribution in [0.3, 0.4) is 0 Å². The molecule has 0 amide bonds. The van der Waals surface area contributed by atoms with E-state index in [0.717, 1.165) is 5.69 Å². The molecule has 0 saturated carbocycles. The van der Waals surface area contributed by atoms with Gasteiger partial charge in [0.15, 0.2) is 0 Å². The summed E-state index contributed by atoms with van der Waals surface area (Å²) in [5, 5.41) is 3.17. The van der Waals surface area contributed by atoms with Crippen molar-refractivity contribution in [3.8, 4) is 5.95 Å². The Bertz CT molecular complexity index is 743. The first kappa shape index (κ1) is 13.4. The van der Waals surface area contributed by atoms with Gasteiger partial charge in [-0.15, -0.1) is 0 Å². The Kier molecular flexibility index (Phi) is 3.69. The highest BCUT2D eigenvalue weighted by Crippen LogP contribution is 2.10. The quantitative estimate of drug-likeness (QED) is 0.778.